The number of aliphatic hydroxyl groups excluding tert-OH is 1. The van der Waals surface area contributed by atoms with E-state index in [0.717, 1.165) is 11.8 Å². The van der Waals surface area contributed by atoms with Gasteiger partial charge in [0.2, 0.25) is 0 Å². The molecule has 1 aromatic carbocycles. The van der Waals surface area contributed by atoms with E-state index in [1.54, 1.807) is 0 Å². The first-order valence-electron chi connectivity index (χ1n) is 6.27. The number of hydrogen-bond acceptors (Lipinski definition) is 6. The molecule has 6 nitrogen and oxygen atoms in total. The Kier molecular flexibility index (Phi) is 5.11. The number of hydrogen-bond donors (Lipinski definition) is 1. The molecule has 1 heterocycles. The van der Waals surface area contributed by atoms with Gasteiger partial charge in [-0.3, -0.25) is 4.18 Å². The van der Waals surface area contributed by atoms with Crippen molar-refractivity contribution in [3.05, 3.63) is 35.9 Å². The minimum absolute atomic E-state index is 0.203. The standard InChI is InChI=1S/C13H18O6S/c1-20(15,16)18-9-12-11(14)7-13(19-12)17-8-10-5-3-2-4-6-10/h2-6,11-14H,7-9H2,1H3. The van der Waals surface area contributed by atoms with Crippen LogP contribution in [0.2, 0.25) is 0 Å². The van der Waals surface area contributed by atoms with E-state index >= 15 is 0 Å². The van der Waals surface area contributed by atoms with Gasteiger partial charge < -0.3 is 14.6 Å². The summed E-state index contributed by atoms with van der Waals surface area (Å²) in [4.78, 5) is 0. The fourth-order valence-electron chi connectivity index (χ4n) is 1.90. The minimum Gasteiger partial charge on any atom is -0.390 e. The highest BCUT2D eigenvalue weighted by atomic mass is 32.2. The molecule has 0 bridgehead atoms. The van der Waals surface area contributed by atoms with Gasteiger partial charge in [-0.25, -0.2) is 0 Å². The van der Waals surface area contributed by atoms with Crippen molar-refractivity contribution in [1.82, 2.24) is 0 Å². The van der Waals surface area contributed by atoms with Gasteiger partial charge in [-0.2, -0.15) is 8.42 Å². The largest absolute Gasteiger partial charge is 0.390 e. The molecule has 0 amide bonds. The van der Waals surface area contributed by atoms with Gasteiger partial charge in [0, 0.05) is 6.42 Å². The molecule has 112 valence electrons. The summed E-state index contributed by atoms with van der Waals surface area (Å²) in [6.45, 7) is 0.170. The maximum Gasteiger partial charge on any atom is 0.264 e. The van der Waals surface area contributed by atoms with Crippen LogP contribution >= 0.6 is 0 Å². The zero-order chi connectivity index (χ0) is 14.6. The molecular formula is C13H18O6S. The Morgan fingerprint density at radius 1 is 1.35 bits per heavy atom. The second-order valence-corrected chi connectivity index (χ2v) is 6.34. The SMILES string of the molecule is CS(=O)(=O)OCC1OC(OCc2ccccc2)CC1O. The predicted octanol–water partition coefficient (Wildman–Crippen LogP) is 0.655. The second kappa shape index (κ2) is 6.64. The van der Waals surface area contributed by atoms with Crippen LogP contribution < -0.4 is 0 Å². The van der Waals surface area contributed by atoms with Crippen LogP contribution in [-0.4, -0.2) is 44.9 Å². The van der Waals surface area contributed by atoms with E-state index in [1.807, 2.05) is 30.3 Å². The zero-order valence-electron chi connectivity index (χ0n) is 11.1. The molecule has 1 saturated heterocycles. The van der Waals surface area contributed by atoms with Crippen molar-refractivity contribution in [1.29, 1.82) is 0 Å². The van der Waals surface area contributed by atoms with E-state index in [1.165, 1.54) is 0 Å². The minimum atomic E-state index is -3.54. The molecule has 0 aliphatic carbocycles. The Balaban J connectivity index is 1.78. The van der Waals surface area contributed by atoms with Crippen LogP contribution in [0.1, 0.15) is 12.0 Å². The summed E-state index contributed by atoms with van der Waals surface area (Å²) in [5.74, 6) is 0. The average Bonchev–Trinajstić information content (AvgIpc) is 2.75. The maximum atomic E-state index is 10.9. The highest BCUT2D eigenvalue weighted by Crippen LogP contribution is 2.23. The van der Waals surface area contributed by atoms with Crippen LogP contribution in [0.5, 0.6) is 0 Å². The summed E-state index contributed by atoms with van der Waals surface area (Å²) in [5.41, 5.74) is 1.00. The van der Waals surface area contributed by atoms with Crippen molar-refractivity contribution in [2.75, 3.05) is 12.9 Å². The lowest BCUT2D eigenvalue weighted by atomic mass is 10.2. The summed E-state index contributed by atoms with van der Waals surface area (Å²) in [7, 11) is -3.54. The highest BCUT2D eigenvalue weighted by molar-refractivity contribution is 7.85. The monoisotopic (exact) mass is 302 g/mol. The lowest BCUT2D eigenvalue weighted by Crippen LogP contribution is -2.27. The van der Waals surface area contributed by atoms with Crippen LogP contribution in [0.25, 0.3) is 0 Å². The Morgan fingerprint density at radius 3 is 2.70 bits per heavy atom. The van der Waals surface area contributed by atoms with E-state index < -0.39 is 28.6 Å². The molecule has 1 N–H and O–H groups in total. The third kappa shape index (κ3) is 4.84. The number of benzene rings is 1. The maximum absolute atomic E-state index is 10.9. The van der Waals surface area contributed by atoms with Gasteiger partial charge in [-0.05, 0) is 5.56 Å². The molecular weight excluding hydrogens is 284 g/mol. The molecule has 3 atom stereocenters. The van der Waals surface area contributed by atoms with Gasteiger partial charge in [0.15, 0.2) is 6.29 Å². The van der Waals surface area contributed by atoms with Crippen molar-refractivity contribution >= 4 is 10.1 Å². The van der Waals surface area contributed by atoms with Gasteiger partial charge in [-0.15, -0.1) is 0 Å². The quantitative estimate of drug-likeness (QED) is 0.777. The molecule has 1 fully saturated rings. The van der Waals surface area contributed by atoms with Gasteiger partial charge in [-0.1, -0.05) is 30.3 Å². The molecule has 1 aromatic rings. The van der Waals surface area contributed by atoms with Crippen molar-refractivity contribution < 1.29 is 27.2 Å². The van der Waals surface area contributed by atoms with Crippen LogP contribution in [0.4, 0.5) is 0 Å². The van der Waals surface area contributed by atoms with Crippen LogP contribution in [0, 0.1) is 0 Å². The molecule has 7 heteroatoms. The van der Waals surface area contributed by atoms with Crippen molar-refractivity contribution in [3.8, 4) is 0 Å². The third-order valence-electron chi connectivity index (χ3n) is 2.91. The summed E-state index contributed by atoms with van der Waals surface area (Å²) in [5, 5.41) is 9.77. The number of aliphatic hydroxyl groups is 1. The first-order valence-corrected chi connectivity index (χ1v) is 8.09. The molecule has 0 aromatic heterocycles. The van der Waals surface area contributed by atoms with Gasteiger partial charge in [0.1, 0.15) is 6.10 Å². The number of rotatable bonds is 6. The van der Waals surface area contributed by atoms with Crippen LogP contribution in [-0.2, 0) is 30.4 Å². The van der Waals surface area contributed by atoms with E-state index in [-0.39, 0.29) is 6.61 Å². The van der Waals surface area contributed by atoms with E-state index in [4.69, 9.17) is 9.47 Å². The third-order valence-corrected chi connectivity index (χ3v) is 3.48. The molecule has 0 radical (unpaired) electrons. The highest BCUT2D eigenvalue weighted by Gasteiger charge is 2.35. The summed E-state index contributed by atoms with van der Waals surface area (Å²) < 4.78 is 37.4. The lowest BCUT2D eigenvalue weighted by Gasteiger charge is -2.14. The topological polar surface area (TPSA) is 82.1 Å². The van der Waals surface area contributed by atoms with Crippen LogP contribution in [0.3, 0.4) is 0 Å². The fourth-order valence-corrected chi connectivity index (χ4v) is 2.28. The lowest BCUT2D eigenvalue weighted by molar-refractivity contribution is -0.147. The van der Waals surface area contributed by atoms with E-state index in [0.29, 0.717) is 13.0 Å². The summed E-state index contributed by atoms with van der Waals surface area (Å²) >= 11 is 0. The van der Waals surface area contributed by atoms with E-state index in [9.17, 15) is 13.5 Å². The van der Waals surface area contributed by atoms with Crippen LogP contribution in [0.15, 0.2) is 30.3 Å². The average molecular weight is 302 g/mol. The summed E-state index contributed by atoms with van der Waals surface area (Å²) in [6, 6.07) is 9.58. The Labute approximate surface area is 118 Å². The van der Waals surface area contributed by atoms with Gasteiger partial charge in [0.05, 0.1) is 25.6 Å². The molecule has 0 saturated carbocycles. The molecule has 20 heavy (non-hydrogen) atoms. The number of ether oxygens (including phenoxy) is 2. The molecule has 1 aliphatic heterocycles. The van der Waals surface area contributed by atoms with Crippen molar-refractivity contribution in [2.45, 2.75) is 31.5 Å². The van der Waals surface area contributed by atoms with Crippen molar-refractivity contribution in [3.63, 3.8) is 0 Å². The molecule has 2 rings (SSSR count). The Bertz CT molecular complexity index is 515. The zero-order valence-corrected chi connectivity index (χ0v) is 12.0. The smallest absolute Gasteiger partial charge is 0.264 e. The molecule has 0 spiro atoms. The summed E-state index contributed by atoms with van der Waals surface area (Å²) in [6.07, 6.45) is -0.788. The first kappa shape index (κ1) is 15.4. The van der Waals surface area contributed by atoms with E-state index in [2.05, 4.69) is 4.18 Å². The van der Waals surface area contributed by atoms with Crippen molar-refractivity contribution in [2.24, 2.45) is 0 Å². The van der Waals surface area contributed by atoms with Gasteiger partial charge >= 0.3 is 0 Å². The Hall–Kier alpha value is -0.990. The molecule has 3 unspecified atom stereocenters. The van der Waals surface area contributed by atoms with Gasteiger partial charge in [0.25, 0.3) is 10.1 Å². The first-order chi connectivity index (χ1) is 9.44. The fraction of sp³-hybridized carbons (Fsp3) is 0.538. The Morgan fingerprint density at radius 2 is 2.05 bits per heavy atom. The predicted molar refractivity (Wildman–Crippen MR) is 71.3 cm³/mol. The normalized spacial score (nSPS) is 26.8. The second-order valence-electron chi connectivity index (χ2n) is 4.69. The molecule has 1 aliphatic rings.